The van der Waals surface area contributed by atoms with Crippen LogP contribution in [0.5, 0.6) is 5.75 Å². The number of nitrogens with zero attached hydrogens (tertiary/aromatic N) is 2. The molecule has 5 nitrogen and oxygen atoms in total. The molecule has 2 aromatic carbocycles. The standard InChI is InChI=1S/C21H24N2O3.BrH/c1-3-14-12-17-15-6-4-5-7-16(15)21(25)26-20(17)18(19(14)24)13-23-10-8-22(2)9-11-23;/h4-7,12,24H,3,8-11,13H2,1-2H3;1H. The van der Waals surface area contributed by atoms with Crippen LogP contribution in [0, 0.1) is 0 Å². The molecule has 144 valence electrons. The molecule has 4 rings (SSSR count). The van der Waals surface area contributed by atoms with Crippen LogP contribution in [0.1, 0.15) is 18.1 Å². The molecule has 1 aromatic heterocycles. The monoisotopic (exact) mass is 432 g/mol. The van der Waals surface area contributed by atoms with Gasteiger partial charge in [-0.05, 0) is 36.6 Å². The molecule has 0 amide bonds. The molecule has 0 unspecified atom stereocenters. The fourth-order valence-electron chi connectivity index (χ4n) is 3.78. The number of halogens is 1. The molecule has 6 heteroatoms. The second-order valence-electron chi connectivity index (χ2n) is 7.11. The van der Waals surface area contributed by atoms with Gasteiger partial charge in [0.25, 0.3) is 0 Å². The highest BCUT2D eigenvalue weighted by Gasteiger charge is 2.21. The third-order valence-electron chi connectivity index (χ3n) is 5.42. The summed E-state index contributed by atoms with van der Waals surface area (Å²) in [5, 5.41) is 13.2. The quantitative estimate of drug-likeness (QED) is 0.506. The van der Waals surface area contributed by atoms with E-state index < -0.39 is 0 Å². The molecule has 0 saturated carbocycles. The molecule has 3 aromatic rings. The van der Waals surface area contributed by atoms with Gasteiger partial charge in [0.05, 0.1) is 10.9 Å². The minimum Gasteiger partial charge on any atom is -0.507 e. The Kier molecular flexibility index (Phi) is 5.89. The Morgan fingerprint density at radius 1 is 1.07 bits per heavy atom. The van der Waals surface area contributed by atoms with Crippen LogP contribution in [0.15, 0.2) is 39.5 Å². The Morgan fingerprint density at radius 2 is 1.74 bits per heavy atom. The van der Waals surface area contributed by atoms with Gasteiger partial charge in [0.15, 0.2) is 0 Å². The van der Waals surface area contributed by atoms with Gasteiger partial charge in [0.2, 0.25) is 0 Å². The van der Waals surface area contributed by atoms with Crippen LogP contribution in [-0.2, 0) is 13.0 Å². The van der Waals surface area contributed by atoms with Crippen LogP contribution >= 0.6 is 17.0 Å². The van der Waals surface area contributed by atoms with Gasteiger partial charge in [0, 0.05) is 38.1 Å². The molecule has 0 aliphatic carbocycles. The summed E-state index contributed by atoms with van der Waals surface area (Å²) in [6.07, 6.45) is 0.727. The van der Waals surface area contributed by atoms with E-state index in [2.05, 4.69) is 16.8 Å². The molecule has 1 N–H and O–H groups in total. The predicted molar refractivity (Wildman–Crippen MR) is 114 cm³/mol. The van der Waals surface area contributed by atoms with Crippen molar-refractivity contribution in [2.45, 2.75) is 19.9 Å². The van der Waals surface area contributed by atoms with Crippen molar-refractivity contribution < 1.29 is 9.52 Å². The van der Waals surface area contributed by atoms with Crippen molar-refractivity contribution in [3.63, 3.8) is 0 Å². The molecule has 27 heavy (non-hydrogen) atoms. The molecule has 0 bridgehead atoms. The van der Waals surface area contributed by atoms with E-state index in [4.69, 9.17) is 4.42 Å². The highest BCUT2D eigenvalue weighted by Crippen LogP contribution is 2.35. The average Bonchev–Trinajstić information content (AvgIpc) is 2.66. The van der Waals surface area contributed by atoms with Crippen molar-refractivity contribution in [2.24, 2.45) is 0 Å². The van der Waals surface area contributed by atoms with Gasteiger partial charge in [0.1, 0.15) is 11.3 Å². The lowest BCUT2D eigenvalue weighted by Crippen LogP contribution is -2.43. The van der Waals surface area contributed by atoms with Crippen LogP contribution in [0.3, 0.4) is 0 Å². The maximum absolute atomic E-state index is 12.5. The Morgan fingerprint density at radius 3 is 2.41 bits per heavy atom. The SMILES string of the molecule is Br.CCc1cc2c(oc(=O)c3ccccc32)c(CN2CCN(C)CC2)c1O. The zero-order valence-corrected chi connectivity index (χ0v) is 17.4. The zero-order chi connectivity index (χ0) is 18.3. The molecule has 1 aliphatic heterocycles. The van der Waals surface area contributed by atoms with E-state index in [-0.39, 0.29) is 28.4 Å². The molecule has 0 radical (unpaired) electrons. The van der Waals surface area contributed by atoms with Gasteiger partial charge in [-0.2, -0.15) is 0 Å². The van der Waals surface area contributed by atoms with Crippen LogP contribution < -0.4 is 5.63 Å². The number of rotatable bonds is 3. The fraction of sp³-hybridized carbons (Fsp3) is 0.381. The molecule has 1 saturated heterocycles. The fourth-order valence-corrected chi connectivity index (χ4v) is 3.78. The van der Waals surface area contributed by atoms with Crippen LogP contribution in [0.25, 0.3) is 21.7 Å². The average molecular weight is 433 g/mol. The number of benzene rings is 2. The molecule has 1 fully saturated rings. The first-order valence-electron chi connectivity index (χ1n) is 9.18. The Balaban J connectivity index is 0.00000210. The number of fused-ring (bicyclic) bond motifs is 3. The first kappa shape index (κ1) is 19.9. The summed E-state index contributed by atoms with van der Waals surface area (Å²) in [7, 11) is 2.12. The number of aryl methyl sites for hydroxylation is 1. The molecule has 0 spiro atoms. The summed E-state index contributed by atoms with van der Waals surface area (Å²) in [4.78, 5) is 17.1. The minimum atomic E-state index is -0.351. The first-order chi connectivity index (χ1) is 12.6. The molecule has 2 heterocycles. The molecule has 0 atom stereocenters. The van der Waals surface area contributed by atoms with Gasteiger partial charge >= 0.3 is 5.63 Å². The third-order valence-corrected chi connectivity index (χ3v) is 5.42. The summed E-state index contributed by atoms with van der Waals surface area (Å²) < 4.78 is 5.70. The van der Waals surface area contributed by atoms with E-state index in [0.29, 0.717) is 17.5 Å². The van der Waals surface area contributed by atoms with E-state index in [1.807, 2.05) is 31.2 Å². The number of phenolic OH excluding ortho intramolecular Hbond substituents is 1. The number of hydrogen-bond acceptors (Lipinski definition) is 5. The van der Waals surface area contributed by atoms with Gasteiger partial charge in [-0.3, -0.25) is 4.90 Å². The minimum absolute atomic E-state index is 0. The summed E-state index contributed by atoms with van der Waals surface area (Å²) >= 11 is 0. The van der Waals surface area contributed by atoms with Gasteiger partial charge in [-0.15, -0.1) is 17.0 Å². The van der Waals surface area contributed by atoms with Crippen molar-refractivity contribution in [1.82, 2.24) is 9.80 Å². The van der Waals surface area contributed by atoms with Crippen molar-refractivity contribution in [3.05, 3.63) is 51.9 Å². The van der Waals surface area contributed by atoms with Crippen LogP contribution in [0.2, 0.25) is 0 Å². The predicted octanol–water partition coefficient (Wildman–Crippen LogP) is 3.54. The topological polar surface area (TPSA) is 56.9 Å². The summed E-state index contributed by atoms with van der Waals surface area (Å²) in [5.41, 5.74) is 1.78. The first-order valence-corrected chi connectivity index (χ1v) is 9.18. The Labute approximate surface area is 169 Å². The van der Waals surface area contributed by atoms with Gasteiger partial charge in [-0.1, -0.05) is 25.1 Å². The number of aromatic hydroxyl groups is 1. The van der Waals surface area contributed by atoms with Gasteiger partial charge < -0.3 is 14.4 Å². The van der Waals surface area contributed by atoms with Crippen LogP contribution in [-0.4, -0.2) is 48.1 Å². The van der Waals surface area contributed by atoms with E-state index in [1.54, 1.807) is 6.07 Å². The highest BCUT2D eigenvalue weighted by molar-refractivity contribution is 8.93. The van der Waals surface area contributed by atoms with Crippen molar-refractivity contribution in [2.75, 3.05) is 33.2 Å². The smallest absolute Gasteiger partial charge is 0.344 e. The number of piperazine rings is 1. The van der Waals surface area contributed by atoms with E-state index in [1.165, 1.54) is 0 Å². The normalized spacial score (nSPS) is 15.9. The summed E-state index contributed by atoms with van der Waals surface area (Å²) in [6.45, 7) is 6.49. The van der Waals surface area contributed by atoms with Crippen molar-refractivity contribution in [1.29, 1.82) is 0 Å². The Hall–Kier alpha value is -1.89. The Bertz CT molecular complexity index is 1020. The lowest BCUT2D eigenvalue weighted by atomic mass is 9.98. The molecular weight excluding hydrogens is 408 g/mol. The second-order valence-corrected chi connectivity index (χ2v) is 7.11. The van der Waals surface area contributed by atoms with Crippen LogP contribution in [0.4, 0.5) is 0 Å². The number of hydrogen-bond donors (Lipinski definition) is 1. The van der Waals surface area contributed by atoms with Crippen molar-refractivity contribution >= 4 is 38.7 Å². The van der Waals surface area contributed by atoms with Gasteiger partial charge in [-0.25, -0.2) is 4.79 Å². The summed E-state index contributed by atoms with van der Waals surface area (Å²) in [6, 6.07) is 9.48. The number of phenols is 1. The maximum atomic E-state index is 12.5. The van der Waals surface area contributed by atoms with Crippen molar-refractivity contribution in [3.8, 4) is 5.75 Å². The number of likely N-dealkylation sites (N-methyl/N-ethyl adjacent to an activating group) is 1. The van der Waals surface area contributed by atoms with E-state index in [0.717, 1.165) is 54.5 Å². The summed E-state index contributed by atoms with van der Waals surface area (Å²) in [5.74, 6) is 0.261. The lowest BCUT2D eigenvalue weighted by Gasteiger charge is -2.32. The van der Waals surface area contributed by atoms with E-state index >= 15 is 0 Å². The molecular formula is C21H25BrN2O3. The lowest BCUT2D eigenvalue weighted by molar-refractivity contribution is 0.147. The second kappa shape index (κ2) is 8.00. The van der Waals surface area contributed by atoms with E-state index in [9.17, 15) is 9.90 Å². The largest absolute Gasteiger partial charge is 0.507 e. The maximum Gasteiger partial charge on any atom is 0.344 e. The zero-order valence-electron chi connectivity index (χ0n) is 15.7. The molecule has 1 aliphatic rings. The third kappa shape index (κ3) is 3.61. The highest BCUT2D eigenvalue weighted by atomic mass is 79.9.